The van der Waals surface area contributed by atoms with Gasteiger partial charge in [-0.1, -0.05) is 90.9 Å². The Kier molecular flexibility index (Phi) is 17.7. The van der Waals surface area contributed by atoms with E-state index in [0.717, 1.165) is 18.6 Å². The fourth-order valence-electron chi connectivity index (χ4n) is 2.72. The lowest BCUT2D eigenvalue weighted by atomic mass is 10.1. The number of carbonyl (C=O) groups is 1. The Bertz CT molecular complexity index is 244. The van der Waals surface area contributed by atoms with Gasteiger partial charge in [-0.15, -0.1) is 11.8 Å². The van der Waals surface area contributed by atoms with Gasteiger partial charge in [-0.2, -0.15) is 0 Å². The summed E-state index contributed by atoms with van der Waals surface area (Å²) in [5.74, 6) is 1.05. The van der Waals surface area contributed by atoms with Crippen LogP contribution in [0.15, 0.2) is 0 Å². The molecule has 1 amide bonds. The quantitative estimate of drug-likeness (QED) is 0.281. The average molecular weight is 345 g/mol. The molecule has 0 aromatic heterocycles. The van der Waals surface area contributed by atoms with E-state index in [9.17, 15) is 9.90 Å². The number of thioether (sulfide) groups is 1. The van der Waals surface area contributed by atoms with E-state index in [4.69, 9.17) is 0 Å². The summed E-state index contributed by atoms with van der Waals surface area (Å²) >= 11 is 1.75. The van der Waals surface area contributed by atoms with E-state index in [0.29, 0.717) is 0 Å². The van der Waals surface area contributed by atoms with Crippen LogP contribution in [-0.4, -0.2) is 17.2 Å². The van der Waals surface area contributed by atoms with Crippen molar-refractivity contribution in [3.8, 4) is 0 Å². The van der Waals surface area contributed by atoms with Gasteiger partial charge in [-0.3, -0.25) is 0 Å². The molecule has 0 aliphatic carbocycles. The van der Waals surface area contributed by atoms with E-state index >= 15 is 0 Å². The molecule has 4 heteroatoms. The number of nitrogens with one attached hydrogen (secondary N) is 1. The second-order valence-electron chi connectivity index (χ2n) is 6.47. The van der Waals surface area contributed by atoms with Crippen molar-refractivity contribution in [2.75, 3.05) is 5.75 Å². The van der Waals surface area contributed by atoms with Crippen LogP contribution in [-0.2, 0) is 0 Å². The van der Waals surface area contributed by atoms with E-state index in [2.05, 4.69) is 19.2 Å². The Morgan fingerprint density at radius 2 is 1.30 bits per heavy atom. The van der Waals surface area contributed by atoms with Crippen LogP contribution in [0.5, 0.6) is 0 Å². The summed E-state index contributed by atoms with van der Waals surface area (Å²) in [7, 11) is 0. The molecule has 0 radical (unpaired) electrons. The summed E-state index contributed by atoms with van der Waals surface area (Å²) in [4.78, 5) is 10.8. The van der Waals surface area contributed by atoms with Crippen molar-refractivity contribution in [1.82, 2.24) is 5.32 Å². The molecule has 1 unspecified atom stereocenters. The molecule has 0 bridgehead atoms. The van der Waals surface area contributed by atoms with Crippen molar-refractivity contribution in [3.63, 3.8) is 0 Å². The molecule has 0 aromatic carbocycles. The summed E-state index contributed by atoms with van der Waals surface area (Å²) in [6.07, 6.45) is 16.4. The molecule has 0 rings (SSSR count). The summed E-state index contributed by atoms with van der Waals surface area (Å²) in [5, 5.41) is 13.4. The highest BCUT2D eigenvalue weighted by Gasteiger charge is 2.08. The number of amides is 1. The van der Waals surface area contributed by atoms with Gasteiger partial charge in [-0.05, 0) is 18.6 Å². The van der Waals surface area contributed by atoms with Crippen molar-refractivity contribution in [3.05, 3.63) is 0 Å². The highest BCUT2D eigenvalue weighted by atomic mass is 32.2. The summed E-state index contributed by atoms with van der Waals surface area (Å²) in [5.41, 5.74) is 0. The molecule has 3 nitrogen and oxygen atoms in total. The van der Waals surface area contributed by atoms with E-state index in [-0.39, 0.29) is 5.37 Å². The normalized spacial score (nSPS) is 12.3. The highest BCUT2D eigenvalue weighted by Crippen LogP contribution is 2.19. The van der Waals surface area contributed by atoms with Crippen molar-refractivity contribution in [2.45, 2.75) is 109 Å². The van der Waals surface area contributed by atoms with E-state index in [1.807, 2.05) is 0 Å². The minimum atomic E-state index is -1.13. The molecule has 1 atom stereocenters. The maximum atomic E-state index is 10.8. The number of carbonyl (C=O) groups excluding carboxylic acids is 1. The summed E-state index contributed by atoms with van der Waals surface area (Å²) in [6.45, 7) is 4.47. The zero-order chi connectivity index (χ0) is 17.2. The van der Waals surface area contributed by atoms with Crippen LogP contribution < -0.4 is 10.4 Å². The number of hydrogen-bond acceptors (Lipinski definition) is 3. The van der Waals surface area contributed by atoms with Crippen LogP contribution in [0, 0.1) is 0 Å². The predicted octanol–water partition coefficient (Wildman–Crippen LogP) is 5.48. The summed E-state index contributed by atoms with van der Waals surface area (Å²) < 4.78 is 0. The highest BCUT2D eigenvalue weighted by molar-refractivity contribution is 7.99. The topological polar surface area (TPSA) is 52.2 Å². The number of hydrogen-bond donors (Lipinski definition) is 1. The molecule has 0 heterocycles. The lowest BCUT2D eigenvalue weighted by molar-refractivity contribution is -0.251. The van der Waals surface area contributed by atoms with E-state index in [1.54, 1.807) is 11.8 Å². The van der Waals surface area contributed by atoms with Gasteiger partial charge >= 0.3 is 0 Å². The molecular weight excluding hydrogens is 306 g/mol. The number of unbranched alkanes of at least 4 members (excludes halogenated alkanes) is 11. The Labute approximate surface area is 148 Å². The second kappa shape index (κ2) is 18.0. The first-order chi connectivity index (χ1) is 11.2. The van der Waals surface area contributed by atoms with Gasteiger partial charge < -0.3 is 15.2 Å². The van der Waals surface area contributed by atoms with Crippen molar-refractivity contribution in [2.24, 2.45) is 0 Å². The Morgan fingerprint density at radius 1 is 0.826 bits per heavy atom. The molecule has 0 saturated heterocycles. The first kappa shape index (κ1) is 22.6. The number of rotatable bonds is 17. The Balaban J connectivity index is 3.62. The van der Waals surface area contributed by atoms with Crippen LogP contribution in [0.2, 0.25) is 0 Å². The third kappa shape index (κ3) is 17.8. The van der Waals surface area contributed by atoms with Gasteiger partial charge in [0.15, 0.2) is 0 Å². The fraction of sp³-hybridized carbons (Fsp3) is 0.947. The Hall–Kier alpha value is -0.380. The average Bonchev–Trinajstić information content (AvgIpc) is 2.52. The van der Waals surface area contributed by atoms with Gasteiger partial charge in [0.25, 0.3) is 0 Å². The van der Waals surface area contributed by atoms with Crippen LogP contribution in [0.4, 0.5) is 4.79 Å². The van der Waals surface area contributed by atoms with Crippen molar-refractivity contribution < 1.29 is 9.90 Å². The summed E-state index contributed by atoms with van der Waals surface area (Å²) in [6, 6.07) is 0. The zero-order valence-electron chi connectivity index (χ0n) is 15.4. The standard InChI is InChI=1S/C19H39NO2S/c1-3-5-7-9-11-12-14-16-18(20-19(21)22)23-17-15-13-10-8-6-4-2/h18,20H,3-17H2,1-2H3,(H,21,22)/p-1. The third-order valence-electron chi connectivity index (χ3n) is 4.17. The molecule has 0 saturated carbocycles. The monoisotopic (exact) mass is 344 g/mol. The van der Waals surface area contributed by atoms with Crippen molar-refractivity contribution >= 4 is 17.9 Å². The van der Waals surface area contributed by atoms with Gasteiger partial charge in [0.2, 0.25) is 0 Å². The zero-order valence-corrected chi connectivity index (χ0v) is 16.2. The molecule has 0 spiro atoms. The molecule has 0 fully saturated rings. The minimum absolute atomic E-state index is 0.0197. The third-order valence-corrected chi connectivity index (χ3v) is 5.45. The Morgan fingerprint density at radius 3 is 1.83 bits per heavy atom. The first-order valence-corrected chi connectivity index (χ1v) is 10.8. The molecule has 0 aliphatic rings. The van der Waals surface area contributed by atoms with Gasteiger partial charge in [0.05, 0.1) is 5.37 Å². The lowest BCUT2D eigenvalue weighted by Gasteiger charge is -2.19. The molecule has 1 N–H and O–H groups in total. The van der Waals surface area contributed by atoms with Crippen LogP contribution in [0.25, 0.3) is 0 Å². The SMILES string of the molecule is CCCCCCCCCC(NC(=O)[O-])SCCCCCCCC. The molecule has 0 aliphatic heterocycles. The lowest BCUT2D eigenvalue weighted by Crippen LogP contribution is -2.42. The smallest absolute Gasteiger partial charge is 0.135 e. The molecule has 138 valence electrons. The van der Waals surface area contributed by atoms with Crippen molar-refractivity contribution in [1.29, 1.82) is 0 Å². The minimum Gasteiger partial charge on any atom is -0.530 e. The first-order valence-electron chi connectivity index (χ1n) is 9.79. The molecule has 0 aromatic rings. The maximum absolute atomic E-state index is 10.8. The van der Waals surface area contributed by atoms with Gasteiger partial charge in [-0.25, -0.2) is 0 Å². The number of carboxylic acid groups (broad SMARTS) is 1. The largest absolute Gasteiger partial charge is 0.530 e. The fourth-order valence-corrected chi connectivity index (χ4v) is 3.89. The van der Waals surface area contributed by atoms with E-state index < -0.39 is 6.09 Å². The van der Waals surface area contributed by atoms with Gasteiger partial charge in [0.1, 0.15) is 6.09 Å². The van der Waals surface area contributed by atoms with Crippen LogP contribution >= 0.6 is 11.8 Å². The molecule has 23 heavy (non-hydrogen) atoms. The maximum Gasteiger partial charge on any atom is 0.135 e. The van der Waals surface area contributed by atoms with Gasteiger partial charge in [0, 0.05) is 0 Å². The van der Waals surface area contributed by atoms with Crippen LogP contribution in [0.1, 0.15) is 104 Å². The molecular formula is C19H38NO2S-. The van der Waals surface area contributed by atoms with Crippen LogP contribution in [0.3, 0.4) is 0 Å². The second-order valence-corrected chi connectivity index (χ2v) is 7.78. The predicted molar refractivity (Wildman–Crippen MR) is 101 cm³/mol. The van der Waals surface area contributed by atoms with E-state index in [1.165, 1.54) is 77.0 Å².